The second-order valence-electron chi connectivity index (χ2n) is 4.53. The van der Waals surface area contributed by atoms with E-state index >= 15 is 0 Å². The van der Waals surface area contributed by atoms with Gasteiger partial charge in [-0.1, -0.05) is 43.3 Å². The van der Waals surface area contributed by atoms with Crippen LogP contribution in [0.3, 0.4) is 0 Å². The minimum atomic E-state index is 0.708. The molecule has 0 spiro atoms. The molecule has 96 valence electrons. The van der Waals surface area contributed by atoms with Gasteiger partial charge in [-0.25, -0.2) is 0 Å². The molecule has 2 aromatic rings. The third-order valence-electron chi connectivity index (χ3n) is 3.23. The molecule has 2 rings (SSSR count). The summed E-state index contributed by atoms with van der Waals surface area (Å²) in [5, 5.41) is 12.2. The summed E-state index contributed by atoms with van der Waals surface area (Å²) in [6.45, 7) is 3.88. The first-order chi connectivity index (χ1) is 9.33. The van der Waals surface area contributed by atoms with Crippen LogP contribution in [-0.4, -0.2) is 0 Å². The van der Waals surface area contributed by atoms with Gasteiger partial charge >= 0.3 is 0 Å². The molecule has 0 aliphatic rings. The number of nitrogens with one attached hydrogen (secondary N) is 1. The summed E-state index contributed by atoms with van der Waals surface area (Å²) in [7, 11) is 0. The summed E-state index contributed by atoms with van der Waals surface area (Å²) in [4.78, 5) is 0. The van der Waals surface area contributed by atoms with Crippen molar-refractivity contribution in [2.75, 3.05) is 0 Å². The smallest absolute Gasteiger partial charge is 0.0991 e. The molecule has 0 unspecified atom stereocenters. The lowest BCUT2D eigenvalue weighted by atomic mass is 10.1. The molecule has 2 heteroatoms. The van der Waals surface area contributed by atoms with E-state index in [9.17, 15) is 0 Å². The first-order valence-electron chi connectivity index (χ1n) is 6.60. The highest BCUT2D eigenvalue weighted by Gasteiger charge is 1.99. The molecule has 19 heavy (non-hydrogen) atoms. The Balaban J connectivity index is 1.91. The van der Waals surface area contributed by atoms with Gasteiger partial charge in [-0.05, 0) is 35.2 Å². The fourth-order valence-corrected chi connectivity index (χ4v) is 2.11. The van der Waals surface area contributed by atoms with Crippen LogP contribution < -0.4 is 5.32 Å². The van der Waals surface area contributed by atoms with Gasteiger partial charge in [0.15, 0.2) is 0 Å². The zero-order chi connectivity index (χ0) is 13.5. The monoisotopic (exact) mass is 250 g/mol. The van der Waals surface area contributed by atoms with Crippen molar-refractivity contribution in [2.24, 2.45) is 0 Å². The number of aryl methyl sites for hydroxylation is 1. The molecule has 0 fully saturated rings. The third-order valence-corrected chi connectivity index (χ3v) is 3.23. The molecular formula is C17H18N2. The molecule has 0 radical (unpaired) electrons. The van der Waals surface area contributed by atoms with Gasteiger partial charge in [0.2, 0.25) is 0 Å². The summed E-state index contributed by atoms with van der Waals surface area (Å²) in [6.07, 6.45) is 1.06. The van der Waals surface area contributed by atoms with E-state index in [4.69, 9.17) is 5.26 Å². The highest BCUT2D eigenvalue weighted by atomic mass is 14.8. The molecule has 0 saturated heterocycles. The maximum Gasteiger partial charge on any atom is 0.0991 e. The molecule has 0 saturated carbocycles. The van der Waals surface area contributed by atoms with Crippen LogP contribution in [-0.2, 0) is 19.5 Å². The molecule has 0 amide bonds. The van der Waals surface area contributed by atoms with Crippen LogP contribution in [0.4, 0.5) is 0 Å². The van der Waals surface area contributed by atoms with Gasteiger partial charge in [0, 0.05) is 13.1 Å². The Hall–Kier alpha value is -2.11. The number of hydrogen-bond acceptors (Lipinski definition) is 2. The van der Waals surface area contributed by atoms with Crippen LogP contribution in [0.1, 0.15) is 29.2 Å². The number of rotatable bonds is 5. The van der Waals surface area contributed by atoms with Gasteiger partial charge in [0.25, 0.3) is 0 Å². The minimum Gasteiger partial charge on any atom is -0.309 e. The zero-order valence-corrected chi connectivity index (χ0v) is 11.2. The van der Waals surface area contributed by atoms with Crippen LogP contribution >= 0.6 is 0 Å². The van der Waals surface area contributed by atoms with E-state index in [0.29, 0.717) is 5.56 Å². The molecule has 0 atom stereocenters. The van der Waals surface area contributed by atoms with Crippen molar-refractivity contribution in [1.29, 1.82) is 5.26 Å². The van der Waals surface area contributed by atoms with E-state index in [1.807, 2.05) is 24.3 Å². The SMILES string of the molecule is CCc1ccccc1CNCc1ccc(C#N)cc1. The molecule has 0 aromatic heterocycles. The topological polar surface area (TPSA) is 35.8 Å². The van der Waals surface area contributed by atoms with Gasteiger partial charge in [-0.15, -0.1) is 0 Å². The lowest BCUT2D eigenvalue weighted by Crippen LogP contribution is -2.13. The van der Waals surface area contributed by atoms with Gasteiger partial charge in [-0.3, -0.25) is 0 Å². The minimum absolute atomic E-state index is 0.708. The molecule has 1 N–H and O–H groups in total. The summed E-state index contributed by atoms with van der Waals surface area (Å²) >= 11 is 0. The van der Waals surface area contributed by atoms with Crippen LogP contribution in [0.25, 0.3) is 0 Å². The predicted molar refractivity (Wildman–Crippen MR) is 77.5 cm³/mol. The zero-order valence-electron chi connectivity index (χ0n) is 11.2. The number of nitriles is 1. The Morgan fingerprint density at radius 2 is 1.63 bits per heavy atom. The number of nitrogens with zero attached hydrogens (tertiary/aromatic N) is 1. The van der Waals surface area contributed by atoms with Crippen molar-refractivity contribution in [2.45, 2.75) is 26.4 Å². The largest absolute Gasteiger partial charge is 0.309 e. The van der Waals surface area contributed by atoms with Crippen LogP contribution in [0.15, 0.2) is 48.5 Å². The Morgan fingerprint density at radius 3 is 2.26 bits per heavy atom. The van der Waals surface area contributed by atoms with Gasteiger partial charge < -0.3 is 5.32 Å². The van der Waals surface area contributed by atoms with Gasteiger partial charge in [0.1, 0.15) is 0 Å². The molecule has 0 aliphatic heterocycles. The first-order valence-corrected chi connectivity index (χ1v) is 6.60. The standard InChI is InChI=1S/C17H18N2/c1-2-16-5-3-4-6-17(16)13-19-12-15-9-7-14(11-18)8-10-15/h3-10,19H,2,12-13H2,1H3. The van der Waals surface area contributed by atoms with E-state index in [1.54, 1.807) is 0 Å². The number of benzene rings is 2. The van der Waals surface area contributed by atoms with Crippen molar-refractivity contribution < 1.29 is 0 Å². The van der Waals surface area contributed by atoms with Crippen molar-refractivity contribution in [3.63, 3.8) is 0 Å². The van der Waals surface area contributed by atoms with Gasteiger partial charge in [0.05, 0.1) is 11.6 Å². The van der Waals surface area contributed by atoms with Crippen molar-refractivity contribution in [3.8, 4) is 6.07 Å². The lowest BCUT2D eigenvalue weighted by Gasteiger charge is -2.09. The fraction of sp³-hybridized carbons (Fsp3) is 0.235. The average Bonchev–Trinajstić information content (AvgIpc) is 2.48. The van der Waals surface area contributed by atoms with Gasteiger partial charge in [-0.2, -0.15) is 5.26 Å². The summed E-state index contributed by atoms with van der Waals surface area (Å²) in [5.41, 5.74) is 4.67. The quantitative estimate of drug-likeness (QED) is 0.882. The predicted octanol–water partition coefficient (Wildman–Crippen LogP) is 3.41. The van der Waals surface area contributed by atoms with Crippen LogP contribution in [0.2, 0.25) is 0 Å². The van der Waals surface area contributed by atoms with Crippen molar-refractivity contribution in [1.82, 2.24) is 5.32 Å². The maximum absolute atomic E-state index is 8.75. The molecule has 2 aromatic carbocycles. The van der Waals surface area contributed by atoms with E-state index in [0.717, 1.165) is 19.5 Å². The second kappa shape index (κ2) is 6.72. The van der Waals surface area contributed by atoms with Crippen molar-refractivity contribution >= 4 is 0 Å². The Morgan fingerprint density at radius 1 is 0.947 bits per heavy atom. The molecule has 0 aliphatic carbocycles. The fourth-order valence-electron chi connectivity index (χ4n) is 2.11. The molecular weight excluding hydrogens is 232 g/mol. The van der Waals surface area contributed by atoms with E-state index in [2.05, 4.69) is 42.6 Å². The Bertz CT molecular complexity index is 565. The summed E-state index contributed by atoms with van der Waals surface area (Å²) in [5.74, 6) is 0. The summed E-state index contributed by atoms with van der Waals surface area (Å²) < 4.78 is 0. The number of hydrogen-bond donors (Lipinski definition) is 1. The van der Waals surface area contributed by atoms with E-state index in [1.165, 1.54) is 16.7 Å². The average molecular weight is 250 g/mol. The normalized spacial score (nSPS) is 10.1. The van der Waals surface area contributed by atoms with E-state index < -0.39 is 0 Å². The third kappa shape index (κ3) is 3.67. The molecule has 2 nitrogen and oxygen atoms in total. The second-order valence-corrected chi connectivity index (χ2v) is 4.53. The summed E-state index contributed by atoms with van der Waals surface area (Å²) in [6, 6.07) is 18.4. The molecule has 0 bridgehead atoms. The highest BCUT2D eigenvalue weighted by Crippen LogP contribution is 2.09. The molecule has 0 heterocycles. The van der Waals surface area contributed by atoms with Crippen LogP contribution in [0.5, 0.6) is 0 Å². The highest BCUT2D eigenvalue weighted by molar-refractivity contribution is 5.31. The first kappa shape index (κ1) is 13.3. The van der Waals surface area contributed by atoms with Crippen molar-refractivity contribution in [3.05, 3.63) is 70.8 Å². The lowest BCUT2D eigenvalue weighted by molar-refractivity contribution is 0.688. The maximum atomic E-state index is 8.75. The van der Waals surface area contributed by atoms with Crippen LogP contribution in [0, 0.1) is 11.3 Å². The van der Waals surface area contributed by atoms with E-state index in [-0.39, 0.29) is 0 Å². The Kier molecular flexibility index (Phi) is 4.72. The Labute approximate surface area is 114 Å².